The molecule has 0 bridgehead atoms. The van der Waals surface area contributed by atoms with Gasteiger partial charge in [0.1, 0.15) is 12.6 Å². The van der Waals surface area contributed by atoms with Gasteiger partial charge in [-0.05, 0) is 50.7 Å². The number of fused-ring (bicyclic) bond motifs is 1. The predicted molar refractivity (Wildman–Crippen MR) is 126 cm³/mol. The maximum absolute atomic E-state index is 5.62. The van der Waals surface area contributed by atoms with Gasteiger partial charge in [0.2, 0.25) is 0 Å². The molecule has 0 amide bonds. The highest BCUT2D eigenvalue weighted by molar-refractivity contribution is 7.80. The molecule has 0 aromatic heterocycles. The average Bonchev–Trinajstić information content (AvgIpc) is 2.74. The molecule has 0 aliphatic carbocycles. The van der Waals surface area contributed by atoms with Crippen molar-refractivity contribution < 1.29 is 14.4 Å². The third-order valence-electron chi connectivity index (χ3n) is 5.88. The molecular formula is C24H34N3O2S+. The second-order valence-electron chi connectivity index (χ2n) is 8.00. The molecule has 2 aromatic rings. The summed E-state index contributed by atoms with van der Waals surface area (Å²) in [5.41, 5.74) is 5.27. The van der Waals surface area contributed by atoms with E-state index in [1.54, 1.807) is 14.2 Å². The number of ether oxygens (including phenoxy) is 2. The fraction of sp³-hybridized carbons (Fsp3) is 0.458. The summed E-state index contributed by atoms with van der Waals surface area (Å²) in [4.78, 5) is 1.53. The van der Waals surface area contributed by atoms with Gasteiger partial charge in [-0.3, -0.25) is 0 Å². The summed E-state index contributed by atoms with van der Waals surface area (Å²) in [6, 6.07) is 13.6. The topological polar surface area (TPSA) is 47.0 Å². The Morgan fingerprint density at radius 2 is 1.83 bits per heavy atom. The standard InChI is InChI=1S/C24H33N3O2S/c1-6-25-24(30)26-17(3)23-20-14-22(29-5)21(28-4)13-19(20)11-12-27(23)15-18-9-7-16(2)8-10-18/h7-10,13-14,17,23H,6,11-12,15H2,1-5H3,(H2,25,26,30)/p+1/t17-,23+/m1/s1. The fourth-order valence-corrected chi connectivity index (χ4v) is 4.73. The van der Waals surface area contributed by atoms with Crippen LogP contribution in [0.4, 0.5) is 0 Å². The van der Waals surface area contributed by atoms with Crippen LogP contribution >= 0.6 is 12.2 Å². The zero-order chi connectivity index (χ0) is 21.7. The first kappa shape index (κ1) is 22.4. The zero-order valence-electron chi connectivity index (χ0n) is 18.7. The zero-order valence-corrected chi connectivity index (χ0v) is 19.5. The van der Waals surface area contributed by atoms with Crippen LogP contribution in [0.15, 0.2) is 36.4 Å². The lowest BCUT2D eigenvalue weighted by molar-refractivity contribution is -0.948. The van der Waals surface area contributed by atoms with Gasteiger partial charge in [0.25, 0.3) is 0 Å². The highest BCUT2D eigenvalue weighted by Gasteiger charge is 2.36. The number of rotatable bonds is 7. The molecule has 0 fully saturated rings. The van der Waals surface area contributed by atoms with Crippen molar-refractivity contribution in [2.75, 3.05) is 27.3 Å². The number of hydrogen-bond donors (Lipinski definition) is 3. The van der Waals surface area contributed by atoms with E-state index in [4.69, 9.17) is 21.7 Å². The molecule has 2 aromatic carbocycles. The Balaban J connectivity index is 1.96. The summed E-state index contributed by atoms with van der Waals surface area (Å²) in [7, 11) is 3.39. The molecular weight excluding hydrogens is 394 g/mol. The van der Waals surface area contributed by atoms with Crippen molar-refractivity contribution in [3.8, 4) is 11.5 Å². The molecule has 1 aliphatic heterocycles. The number of nitrogens with one attached hydrogen (secondary N) is 3. The van der Waals surface area contributed by atoms with Gasteiger partial charge in [-0.15, -0.1) is 0 Å². The van der Waals surface area contributed by atoms with E-state index < -0.39 is 0 Å². The van der Waals surface area contributed by atoms with E-state index in [0.717, 1.165) is 37.6 Å². The second kappa shape index (κ2) is 10.1. The van der Waals surface area contributed by atoms with Crippen molar-refractivity contribution in [2.24, 2.45) is 0 Å². The van der Waals surface area contributed by atoms with Gasteiger partial charge in [0.05, 0.1) is 26.8 Å². The van der Waals surface area contributed by atoms with Crippen LogP contribution in [0.5, 0.6) is 11.5 Å². The fourth-order valence-electron chi connectivity index (χ4n) is 4.40. The first-order chi connectivity index (χ1) is 14.5. The number of methoxy groups -OCH3 is 2. The molecule has 30 heavy (non-hydrogen) atoms. The third-order valence-corrected chi connectivity index (χ3v) is 6.15. The van der Waals surface area contributed by atoms with Crippen molar-refractivity contribution in [3.63, 3.8) is 0 Å². The molecule has 0 saturated carbocycles. The van der Waals surface area contributed by atoms with Gasteiger partial charge in [-0.1, -0.05) is 29.8 Å². The van der Waals surface area contributed by atoms with Crippen molar-refractivity contribution in [2.45, 2.75) is 45.8 Å². The van der Waals surface area contributed by atoms with Crippen molar-refractivity contribution >= 4 is 17.3 Å². The Kier molecular flexibility index (Phi) is 7.56. The van der Waals surface area contributed by atoms with E-state index in [0.29, 0.717) is 5.11 Å². The largest absolute Gasteiger partial charge is 0.493 e. The number of hydrogen-bond acceptors (Lipinski definition) is 3. The minimum Gasteiger partial charge on any atom is -0.493 e. The lowest BCUT2D eigenvalue weighted by Gasteiger charge is -2.38. The Hall–Kier alpha value is -2.31. The van der Waals surface area contributed by atoms with Crippen LogP contribution in [0, 0.1) is 6.92 Å². The molecule has 162 valence electrons. The van der Waals surface area contributed by atoms with Gasteiger partial charge in [-0.2, -0.15) is 0 Å². The maximum Gasteiger partial charge on any atom is 0.166 e. The van der Waals surface area contributed by atoms with E-state index >= 15 is 0 Å². The molecule has 3 N–H and O–H groups in total. The summed E-state index contributed by atoms with van der Waals surface area (Å²) < 4.78 is 11.2. The summed E-state index contributed by atoms with van der Waals surface area (Å²) >= 11 is 5.49. The molecule has 0 saturated heterocycles. The molecule has 3 rings (SSSR count). The van der Waals surface area contributed by atoms with Crippen LogP contribution in [0.3, 0.4) is 0 Å². The minimum absolute atomic E-state index is 0.161. The van der Waals surface area contributed by atoms with Crippen LogP contribution in [0.1, 0.15) is 42.1 Å². The van der Waals surface area contributed by atoms with E-state index in [9.17, 15) is 0 Å². The summed E-state index contributed by atoms with van der Waals surface area (Å²) in [6.45, 7) is 9.24. The molecule has 1 aliphatic rings. The van der Waals surface area contributed by atoms with Crippen LogP contribution in [0.25, 0.3) is 0 Å². The lowest BCUT2D eigenvalue weighted by Crippen LogP contribution is -3.13. The monoisotopic (exact) mass is 428 g/mol. The van der Waals surface area contributed by atoms with Gasteiger partial charge in [0.15, 0.2) is 16.6 Å². The van der Waals surface area contributed by atoms with Crippen molar-refractivity contribution in [3.05, 3.63) is 58.7 Å². The Morgan fingerprint density at radius 1 is 1.17 bits per heavy atom. The normalized spacial score (nSPS) is 18.8. The van der Waals surface area contributed by atoms with Gasteiger partial charge < -0.3 is 25.0 Å². The van der Waals surface area contributed by atoms with Gasteiger partial charge in [0, 0.05) is 24.1 Å². The van der Waals surface area contributed by atoms with Crippen LogP contribution in [-0.4, -0.2) is 38.5 Å². The highest BCUT2D eigenvalue weighted by Crippen LogP contribution is 2.35. The van der Waals surface area contributed by atoms with E-state index in [1.165, 1.54) is 27.2 Å². The average molecular weight is 429 g/mol. The van der Waals surface area contributed by atoms with Crippen molar-refractivity contribution in [1.82, 2.24) is 10.6 Å². The third kappa shape index (κ3) is 5.05. The predicted octanol–water partition coefficient (Wildman–Crippen LogP) is 2.57. The summed E-state index contributed by atoms with van der Waals surface area (Å²) in [5.74, 6) is 1.57. The number of aryl methyl sites for hydroxylation is 1. The Bertz CT molecular complexity index is 869. The lowest BCUT2D eigenvalue weighted by atomic mass is 9.87. The van der Waals surface area contributed by atoms with Crippen molar-refractivity contribution in [1.29, 1.82) is 0 Å². The molecule has 0 radical (unpaired) electrons. The van der Waals surface area contributed by atoms with Crippen LogP contribution in [-0.2, 0) is 13.0 Å². The molecule has 1 unspecified atom stereocenters. The maximum atomic E-state index is 5.62. The van der Waals surface area contributed by atoms with E-state index in [1.807, 2.05) is 0 Å². The Morgan fingerprint density at radius 3 is 2.47 bits per heavy atom. The van der Waals surface area contributed by atoms with E-state index in [2.05, 4.69) is 67.8 Å². The first-order valence-corrected chi connectivity index (χ1v) is 11.1. The molecule has 6 heteroatoms. The number of quaternary nitrogens is 1. The molecule has 3 atom stereocenters. The van der Waals surface area contributed by atoms with Crippen LogP contribution in [0.2, 0.25) is 0 Å². The SMILES string of the molecule is CCNC(=S)N[C@H](C)[C@H]1c2cc(OC)c(OC)cc2CC[NH+]1Cc1ccc(C)cc1. The second-order valence-corrected chi connectivity index (χ2v) is 8.41. The smallest absolute Gasteiger partial charge is 0.166 e. The number of benzene rings is 2. The molecule has 1 heterocycles. The minimum atomic E-state index is 0.161. The number of thiocarbonyl (C=S) groups is 1. The van der Waals surface area contributed by atoms with Crippen LogP contribution < -0.4 is 25.0 Å². The quantitative estimate of drug-likeness (QED) is 0.592. The molecule has 0 spiro atoms. The summed E-state index contributed by atoms with van der Waals surface area (Å²) in [6.07, 6.45) is 1.01. The first-order valence-electron chi connectivity index (χ1n) is 10.7. The molecule has 5 nitrogen and oxygen atoms in total. The van der Waals surface area contributed by atoms with Gasteiger partial charge >= 0.3 is 0 Å². The highest BCUT2D eigenvalue weighted by atomic mass is 32.1. The van der Waals surface area contributed by atoms with E-state index in [-0.39, 0.29) is 12.1 Å². The van der Waals surface area contributed by atoms with Gasteiger partial charge in [-0.25, -0.2) is 0 Å². The summed E-state index contributed by atoms with van der Waals surface area (Å²) in [5, 5.41) is 7.43. The Labute approximate surface area is 185 Å².